The van der Waals surface area contributed by atoms with Crippen LogP contribution in [0.5, 0.6) is 0 Å². The van der Waals surface area contributed by atoms with Crippen LogP contribution in [0, 0.1) is 5.41 Å². The van der Waals surface area contributed by atoms with Crippen molar-refractivity contribution in [2.75, 3.05) is 19.6 Å². The van der Waals surface area contributed by atoms with E-state index >= 15 is 0 Å². The third-order valence-corrected chi connectivity index (χ3v) is 3.26. The second kappa shape index (κ2) is 3.28. The van der Waals surface area contributed by atoms with Gasteiger partial charge in [-0.05, 0) is 19.3 Å². The number of rotatable bonds is 3. The standard InChI is InChI=1S/C9H13F3N2O/c10-9(11,12)8(1-2-8)3-5-14-6-4-13-7(14)15/h1-6H2,(H,13,15). The first-order valence-electron chi connectivity index (χ1n) is 5.04. The van der Waals surface area contributed by atoms with E-state index in [1.54, 1.807) is 0 Å². The first kappa shape index (κ1) is 10.6. The lowest BCUT2D eigenvalue weighted by Crippen LogP contribution is -2.33. The van der Waals surface area contributed by atoms with E-state index in [0.717, 1.165) is 0 Å². The number of carbonyl (C=O) groups excluding carboxylic acids is 1. The van der Waals surface area contributed by atoms with Crippen LogP contribution in [0.3, 0.4) is 0 Å². The zero-order chi connectivity index (χ0) is 11.1. The Hall–Kier alpha value is -0.940. The molecule has 1 heterocycles. The summed E-state index contributed by atoms with van der Waals surface area (Å²) in [6.07, 6.45) is -3.63. The van der Waals surface area contributed by atoms with Crippen molar-refractivity contribution in [1.82, 2.24) is 10.2 Å². The molecule has 3 nitrogen and oxygen atoms in total. The lowest BCUT2D eigenvalue weighted by atomic mass is 10.0. The van der Waals surface area contributed by atoms with E-state index in [1.165, 1.54) is 4.90 Å². The van der Waals surface area contributed by atoms with Crippen LogP contribution in [0.4, 0.5) is 18.0 Å². The van der Waals surface area contributed by atoms with Crippen LogP contribution < -0.4 is 5.32 Å². The Morgan fingerprint density at radius 3 is 2.47 bits per heavy atom. The minimum atomic E-state index is -4.11. The van der Waals surface area contributed by atoms with Gasteiger partial charge in [0.25, 0.3) is 0 Å². The largest absolute Gasteiger partial charge is 0.394 e. The highest BCUT2D eigenvalue weighted by Gasteiger charge is 2.62. The molecule has 0 radical (unpaired) electrons. The zero-order valence-electron chi connectivity index (χ0n) is 8.23. The summed E-state index contributed by atoms with van der Waals surface area (Å²) < 4.78 is 37.6. The van der Waals surface area contributed by atoms with Crippen molar-refractivity contribution < 1.29 is 18.0 Å². The number of alkyl halides is 3. The summed E-state index contributed by atoms with van der Waals surface area (Å²) in [5, 5.41) is 2.57. The average Bonchev–Trinajstić information content (AvgIpc) is 2.82. The number of urea groups is 1. The van der Waals surface area contributed by atoms with E-state index in [9.17, 15) is 18.0 Å². The van der Waals surface area contributed by atoms with Gasteiger partial charge in [0.15, 0.2) is 0 Å². The normalized spacial score (nSPS) is 24.2. The molecular formula is C9H13F3N2O. The molecule has 86 valence electrons. The fourth-order valence-electron chi connectivity index (χ4n) is 1.90. The molecule has 1 N–H and O–H groups in total. The molecule has 1 aliphatic carbocycles. The third kappa shape index (κ3) is 1.89. The summed E-state index contributed by atoms with van der Waals surface area (Å²) in [6, 6.07) is -0.243. The molecule has 1 saturated carbocycles. The molecule has 0 bridgehead atoms. The van der Waals surface area contributed by atoms with E-state index in [2.05, 4.69) is 5.32 Å². The van der Waals surface area contributed by atoms with Crippen molar-refractivity contribution in [3.8, 4) is 0 Å². The number of hydrogen-bond acceptors (Lipinski definition) is 1. The molecule has 1 aliphatic heterocycles. The molecule has 2 amide bonds. The zero-order valence-corrected chi connectivity index (χ0v) is 8.23. The van der Waals surface area contributed by atoms with E-state index in [1.807, 2.05) is 0 Å². The van der Waals surface area contributed by atoms with E-state index < -0.39 is 11.6 Å². The van der Waals surface area contributed by atoms with Crippen molar-refractivity contribution >= 4 is 6.03 Å². The first-order chi connectivity index (χ1) is 6.95. The molecule has 2 fully saturated rings. The maximum absolute atomic E-state index is 12.5. The van der Waals surface area contributed by atoms with Crippen molar-refractivity contribution in [2.24, 2.45) is 5.41 Å². The van der Waals surface area contributed by atoms with Gasteiger partial charge in [-0.25, -0.2) is 4.79 Å². The maximum Gasteiger partial charge on any atom is 0.394 e. The third-order valence-electron chi connectivity index (χ3n) is 3.26. The van der Waals surface area contributed by atoms with Crippen LogP contribution in [0.2, 0.25) is 0 Å². The Kier molecular flexibility index (Phi) is 2.31. The van der Waals surface area contributed by atoms with Crippen molar-refractivity contribution in [1.29, 1.82) is 0 Å². The Morgan fingerprint density at radius 1 is 1.40 bits per heavy atom. The summed E-state index contributed by atoms with van der Waals surface area (Å²) >= 11 is 0. The SMILES string of the molecule is O=C1NCCN1CCC1(C(F)(F)F)CC1. The lowest BCUT2D eigenvalue weighted by molar-refractivity contribution is -0.189. The van der Waals surface area contributed by atoms with Crippen LogP contribution in [0.1, 0.15) is 19.3 Å². The van der Waals surface area contributed by atoms with Gasteiger partial charge in [0.2, 0.25) is 0 Å². The molecule has 0 aromatic heterocycles. The monoisotopic (exact) mass is 222 g/mol. The summed E-state index contributed by atoms with van der Waals surface area (Å²) in [5.74, 6) is 0. The van der Waals surface area contributed by atoms with Crippen molar-refractivity contribution in [3.05, 3.63) is 0 Å². The second-order valence-corrected chi connectivity index (χ2v) is 4.25. The van der Waals surface area contributed by atoms with E-state index in [-0.39, 0.29) is 31.8 Å². The molecule has 0 aromatic carbocycles. The van der Waals surface area contributed by atoms with Gasteiger partial charge in [0.1, 0.15) is 0 Å². The molecule has 0 atom stereocenters. The Bertz CT molecular complexity index is 273. The molecule has 2 rings (SSSR count). The predicted molar refractivity (Wildman–Crippen MR) is 47.3 cm³/mol. The van der Waals surface area contributed by atoms with Gasteiger partial charge < -0.3 is 10.2 Å². The fourth-order valence-corrected chi connectivity index (χ4v) is 1.90. The Balaban J connectivity index is 1.86. The minimum absolute atomic E-state index is 0.0456. The van der Waals surface area contributed by atoms with Gasteiger partial charge in [0, 0.05) is 19.6 Å². The number of carbonyl (C=O) groups is 1. The van der Waals surface area contributed by atoms with Gasteiger partial charge >= 0.3 is 12.2 Å². The minimum Gasteiger partial charge on any atom is -0.336 e. The molecule has 0 aromatic rings. The first-order valence-corrected chi connectivity index (χ1v) is 5.04. The number of hydrogen-bond donors (Lipinski definition) is 1. The fraction of sp³-hybridized carbons (Fsp3) is 0.889. The smallest absolute Gasteiger partial charge is 0.336 e. The van der Waals surface area contributed by atoms with Gasteiger partial charge in [0.05, 0.1) is 5.41 Å². The molecule has 2 aliphatic rings. The molecule has 6 heteroatoms. The van der Waals surface area contributed by atoms with Gasteiger partial charge in [-0.15, -0.1) is 0 Å². The predicted octanol–water partition coefficient (Wildman–Crippen LogP) is 1.74. The van der Waals surface area contributed by atoms with Crippen molar-refractivity contribution in [3.63, 3.8) is 0 Å². The second-order valence-electron chi connectivity index (χ2n) is 4.25. The lowest BCUT2D eigenvalue weighted by Gasteiger charge is -2.22. The van der Waals surface area contributed by atoms with Crippen molar-refractivity contribution in [2.45, 2.75) is 25.4 Å². The van der Waals surface area contributed by atoms with Gasteiger partial charge in [-0.2, -0.15) is 13.2 Å². The number of nitrogens with zero attached hydrogens (tertiary/aromatic N) is 1. The number of halogens is 3. The number of nitrogens with one attached hydrogen (secondary N) is 1. The molecule has 15 heavy (non-hydrogen) atoms. The molecule has 0 spiro atoms. The average molecular weight is 222 g/mol. The maximum atomic E-state index is 12.5. The molecular weight excluding hydrogens is 209 g/mol. The molecule has 0 unspecified atom stereocenters. The summed E-state index contributed by atoms with van der Waals surface area (Å²) in [5.41, 5.74) is -1.49. The Labute approximate surface area is 85.6 Å². The molecule has 1 saturated heterocycles. The quantitative estimate of drug-likeness (QED) is 0.775. The number of amides is 2. The van der Waals surface area contributed by atoms with E-state index in [0.29, 0.717) is 13.1 Å². The van der Waals surface area contributed by atoms with Crippen LogP contribution in [0.15, 0.2) is 0 Å². The van der Waals surface area contributed by atoms with E-state index in [4.69, 9.17) is 0 Å². The topological polar surface area (TPSA) is 32.3 Å². The highest BCUT2D eigenvalue weighted by Crippen LogP contribution is 2.59. The summed E-state index contributed by atoms with van der Waals surface area (Å²) in [7, 11) is 0. The highest BCUT2D eigenvalue weighted by atomic mass is 19.4. The summed E-state index contributed by atoms with van der Waals surface area (Å²) in [6.45, 7) is 1.27. The summed E-state index contributed by atoms with van der Waals surface area (Å²) in [4.78, 5) is 12.5. The highest BCUT2D eigenvalue weighted by molar-refractivity contribution is 5.76. The van der Waals surface area contributed by atoms with Crippen LogP contribution in [-0.2, 0) is 0 Å². The van der Waals surface area contributed by atoms with Crippen LogP contribution in [-0.4, -0.2) is 36.7 Å². The van der Waals surface area contributed by atoms with Gasteiger partial charge in [-0.3, -0.25) is 0 Å². The van der Waals surface area contributed by atoms with Crippen LogP contribution >= 0.6 is 0 Å². The Morgan fingerprint density at radius 2 is 2.07 bits per heavy atom. The van der Waals surface area contributed by atoms with Crippen LogP contribution in [0.25, 0.3) is 0 Å². The van der Waals surface area contributed by atoms with Gasteiger partial charge in [-0.1, -0.05) is 0 Å².